The van der Waals surface area contributed by atoms with Gasteiger partial charge in [0.25, 0.3) is 0 Å². The van der Waals surface area contributed by atoms with E-state index >= 15 is 0 Å². The van der Waals surface area contributed by atoms with Gasteiger partial charge in [-0.05, 0) is 46.3 Å². The Morgan fingerprint density at radius 3 is 2.80 bits per heavy atom. The number of aromatic nitrogens is 2. The minimum Gasteiger partial charge on any atom is -0.359 e. The zero-order valence-corrected chi connectivity index (χ0v) is 15.7. The molecule has 138 valence electrons. The number of likely N-dealkylation sites (N-methyl/N-ethyl adjacent to an activating group) is 1. The Morgan fingerprint density at radius 1 is 1.36 bits per heavy atom. The highest BCUT2D eigenvalue weighted by Crippen LogP contribution is 2.26. The van der Waals surface area contributed by atoms with Gasteiger partial charge in [-0.2, -0.15) is 0 Å². The van der Waals surface area contributed by atoms with Crippen molar-refractivity contribution in [3.05, 3.63) is 23.3 Å². The second-order valence-electron chi connectivity index (χ2n) is 6.92. The molecule has 0 aliphatic carbocycles. The van der Waals surface area contributed by atoms with E-state index in [9.17, 15) is 9.59 Å². The fraction of sp³-hybridized carbons (Fsp3) is 0.667. The van der Waals surface area contributed by atoms with Gasteiger partial charge in [-0.1, -0.05) is 0 Å². The monoisotopic (exact) mass is 347 g/mol. The van der Waals surface area contributed by atoms with Crippen molar-refractivity contribution in [1.82, 2.24) is 25.1 Å². The summed E-state index contributed by atoms with van der Waals surface area (Å²) in [5.74, 6) is 1.14. The third-order valence-electron chi connectivity index (χ3n) is 4.44. The molecule has 2 heterocycles. The fourth-order valence-corrected chi connectivity index (χ4v) is 3.17. The molecule has 1 aromatic heterocycles. The summed E-state index contributed by atoms with van der Waals surface area (Å²) in [6, 6.07) is 2.00. The van der Waals surface area contributed by atoms with Crippen molar-refractivity contribution < 1.29 is 9.59 Å². The number of nitrogens with zero attached hydrogens (tertiary/aromatic N) is 4. The van der Waals surface area contributed by atoms with Crippen LogP contribution in [0.15, 0.2) is 6.07 Å². The lowest BCUT2D eigenvalue weighted by Gasteiger charge is -2.33. The molecule has 1 atom stereocenters. The van der Waals surface area contributed by atoms with E-state index in [1.165, 1.54) is 0 Å². The fourth-order valence-electron chi connectivity index (χ4n) is 3.17. The average Bonchev–Trinajstić information content (AvgIpc) is 2.58. The summed E-state index contributed by atoms with van der Waals surface area (Å²) in [4.78, 5) is 36.7. The predicted octanol–water partition coefficient (Wildman–Crippen LogP) is 0.731. The Bertz CT molecular complexity index is 617. The van der Waals surface area contributed by atoms with Crippen LogP contribution >= 0.6 is 0 Å². The van der Waals surface area contributed by atoms with E-state index in [1.807, 2.05) is 36.9 Å². The van der Waals surface area contributed by atoms with Gasteiger partial charge < -0.3 is 15.1 Å². The van der Waals surface area contributed by atoms with Crippen LogP contribution in [0.4, 0.5) is 0 Å². The van der Waals surface area contributed by atoms with Crippen LogP contribution < -0.4 is 5.32 Å². The van der Waals surface area contributed by atoms with E-state index < -0.39 is 0 Å². The normalized spacial score (nSPS) is 17.6. The van der Waals surface area contributed by atoms with Crippen LogP contribution in [0.3, 0.4) is 0 Å². The summed E-state index contributed by atoms with van der Waals surface area (Å²) < 4.78 is 0. The molecular formula is C18H29N5O2. The van der Waals surface area contributed by atoms with Crippen LogP contribution in [0.2, 0.25) is 0 Å². The minimum absolute atomic E-state index is 0.0101. The summed E-state index contributed by atoms with van der Waals surface area (Å²) in [5.41, 5.74) is 1.88. The Balaban J connectivity index is 2.07. The standard InChI is InChI=1S/C18H29N5O2/c1-13-20-15(7-8-17(24)19-2)10-16(21-13)14-6-5-9-23(11-14)18(25)12-22(3)4/h10,14H,5-9,11-12H2,1-4H3,(H,19,24)/t14-/m1/s1. The number of carbonyl (C=O) groups excluding carboxylic acids is 2. The molecule has 0 spiro atoms. The summed E-state index contributed by atoms with van der Waals surface area (Å²) in [6.45, 7) is 3.84. The molecule has 1 N–H and O–H groups in total. The number of amides is 2. The van der Waals surface area contributed by atoms with Crippen LogP contribution in [-0.4, -0.2) is 72.4 Å². The molecule has 7 heteroatoms. The molecule has 0 saturated carbocycles. The van der Waals surface area contributed by atoms with Gasteiger partial charge in [0.05, 0.1) is 6.54 Å². The van der Waals surface area contributed by atoms with Gasteiger partial charge in [0.15, 0.2) is 0 Å². The maximum atomic E-state index is 12.3. The van der Waals surface area contributed by atoms with Gasteiger partial charge in [0.2, 0.25) is 11.8 Å². The molecule has 0 unspecified atom stereocenters. The van der Waals surface area contributed by atoms with Crippen molar-refractivity contribution in [3.63, 3.8) is 0 Å². The van der Waals surface area contributed by atoms with Crippen LogP contribution in [-0.2, 0) is 16.0 Å². The molecule has 1 fully saturated rings. The molecule has 0 aromatic carbocycles. The van der Waals surface area contributed by atoms with E-state index in [0.717, 1.165) is 36.6 Å². The third-order valence-corrected chi connectivity index (χ3v) is 4.44. The second-order valence-corrected chi connectivity index (χ2v) is 6.92. The van der Waals surface area contributed by atoms with E-state index in [1.54, 1.807) is 7.05 Å². The molecule has 2 rings (SSSR count). The number of hydrogen-bond donors (Lipinski definition) is 1. The van der Waals surface area contributed by atoms with Gasteiger partial charge in [-0.15, -0.1) is 0 Å². The Labute approximate surface area is 149 Å². The van der Waals surface area contributed by atoms with Crippen molar-refractivity contribution in [2.24, 2.45) is 0 Å². The molecule has 1 aromatic rings. The van der Waals surface area contributed by atoms with Gasteiger partial charge in [-0.3, -0.25) is 9.59 Å². The average molecular weight is 347 g/mol. The molecule has 0 bridgehead atoms. The van der Waals surface area contributed by atoms with Crippen LogP contribution in [0.25, 0.3) is 0 Å². The quantitative estimate of drug-likeness (QED) is 0.821. The van der Waals surface area contributed by atoms with Gasteiger partial charge in [0.1, 0.15) is 5.82 Å². The smallest absolute Gasteiger partial charge is 0.236 e. The largest absolute Gasteiger partial charge is 0.359 e. The van der Waals surface area contributed by atoms with E-state index in [2.05, 4.69) is 15.3 Å². The van der Waals surface area contributed by atoms with E-state index in [-0.39, 0.29) is 17.7 Å². The number of likely N-dealkylation sites (tertiary alicyclic amines) is 1. The van der Waals surface area contributed by atoms with Crippen molar-refractivity contribution in [1.29, 1.82) is 0 Å². The minimum atomic E-state index is 0.0101. The molecule has 2 amide bonds. The van der Waals surface area contributed by atoms with Gasteiger partial charge in [-0.25, -0.2) is 9.97 Å². The van der Waals surface area contributed by atoms with Crippen molar-refractivity contribution in [2.75, 3.05) is 40.8 Å². The Morgan fingerprint density at radius 2 is 2.12 bits per heavy atom. The highest BCUT2D eigenvalue weighted by Gasteiger charge is 2.26. The number of nitrogens with one attached hydrogen (secondary N) is 1. The van der Waals surface area contributed by atoms with Crippen LogP contribution in [0.5, 0.6) is 0 Å². The topological polar surface area (TPSA) is 78.4 Å². The summed E-state index contributed by atoms with van der Waals surface area (Å²) in [6.07, 6.45) is 3.04. The number of rotatable bonds is 6. The zero-order valence-electron chi connectivity index (χ0n) is 15.7. The lowest BCUT2D eigenvalue weighted by atomic mass is 9.93. The SMILES string of the molecule is CNC(=O)CCc1cc([C@@H]2CCCN(C(=O)CN(C)C)C2)nc(C)n1. The molecule has 1 aliphatic heterocycles. The molecule has 0 radical (unpaired) electrons. The van der Waals surface area contributed by atoms with E-state index in [4.69, 9.17) is 0 Å². The summed E-state index contributed by atoms with van der Waals surface area (Å²) >= 11 is 0. The predicted molar refractivity (Wildman–Crippen MR) is 96.3 cm³/mol. The number of hydrogen-bond acceptors (Lipinski definition) is 5. The lowest BCUT2D eigenvalue weighted by molar-refractivity contribution is -0.133. The first-order valence-corrected chi connectivity index (χ1v) is 8.86. The highest BCUT2D eigenvalue weighted by atomic mass is 16.2. The molecular weight excluding hydrogens is 318 g/mol. The maximum Gasteiger partial charge on any atom is 0.236 e. The Kier molecular flexibility index (Phi) is 6.87. The third kappa shape index (κ3) is 5.77. The Hall–Kier alpha value is -2.02. The van der Waals surface area contributed by atoms with Crippen LogP contribution in [0.1, 0.15) is 42.4 Å². The molecule has 1 saturated heterocycles. The number of aryl methyl sites for hydroxylation is 2. The molecule has 1 aliphatic rings. The maximum absolute atomic E-state index is 12.3. The summed E-state index contributed by atoms with van der Waals surface area (Å²) in [7, 11) is 5.46. The summed E-state index contributed by atoms with van der Waals surface area (Å²) in [5, 5.41) is 2.63. The molecule has 25 heavy (non-hydrogen) atoms. The van der Waals surface area contributed by atoms with Gasteiger partial charge in [0, 0.05) is 43.9 Å². The van der Waals surface area contributed by atoms with Crippen LogP contribution in [0, 0.1) is 6.92 Å². The van der Waals surface area contributed by atoms with Crippen molar-refractivity contribution in [3.8, 4) is 0 Å². The first-order valence-electron chi connectivity index (χ1n) is 8.86. The molecule has 7 nitrogen and oxygen atoms in total. The van der Waals surface area contributed by atoms with E-state index in [0.29, 0.717) is 25.9 Å². The highest BCUT2D eigenvalue weighted by molar-refractivity contribution is 5.78. The second kappa shape index (κ2) is 8.89. The zero-order chi connectivity index (χ0) is 18.4. The number of carbonyl (C=O) groups is 2. The van der Waals surface area contributed by atoms with Gasteiger partial charge >= 0.3 is 0 Å². The number of piperidine rings is 1. The lowest BCUT2D eigenvalue weighted by Crippen LogP contribution is -2.43. The van der Waals surface area contributed by atoms with Crippen molar-refractivity contribution >= 4 is 11.8 Å². The first-order chi connectivity index (χ1) is 11.9. The first kappa shape index (κ1) is 19.3. The van der Waals surface area contributed by atoms with Crippen molar-refractivity contribution in [2.45, 2.75) is 38.5 Å².